The Morgan fingerprint density at radius 1 is 1.08 bits per heavy atom. The van der Waals surface area contributed by atoms with Crippen LogP contribution >= 0.6 is 0 Å². The quantitative estimate of drug-likeness (QED) is 0.758. The van der Waals surface area contributed by atoms with Gasteiger partial charge in [0.2, 0.25) is 0 Å². The van der Waals surface area contributed by atoms with E-state index in [1.54, 1.807) is 4.52 Å². The van der Waals surface area contributed by atoms with E-state index in [0.29, 0.717) is 18.0 Å². The molecule has 1 unspecified atom stereocenters. The molecule has 0 aliphatic heterocycles. The van der Waals surface area contributed by atoms with E-state index in [2.05, 4.69) is 20.6 Å². The summed E-state index contributed by atoms with van der Waals surface area (Å²) in [5.41, 5.74) is 0.876. The van der Waals surface area contributed by atoms with Crippen LogP contribution in [0.4, 0.5) is 19.0 Å². The van der Waals surface area contributed by atoms with Gasteiger partial charge in [-0.15, -0.1) is 15.3 Å². The number of rotatable bonds is 5. The standard InChI is InChI=1S/C17H18F3N5/c1-3-15-22-23-16-9-8-14(24-25(15)16)21-10-11(2)12-4-6-13(7-5-12)17(18,19)20/h4-9,11H,3,10H2,1-2H3,(H,21,24). The van der Waals surface area contributed by atoms with Gasteiger partial charge in [0.05, 0.1) is 5.56 Å². The van der Waals surface area contributed by atoms with Gasteiger partial charge in [-0.25, -0.2) is 0 Å². The van der Waals surface area contributed by atoms with Gasteiger partial charge in [0.15, 0.2) is 11.5 Å². The van der Waals surface area contributed by atoms with Crippen molar-refractivity contribution in [2.24, 2.45) is 0 Å². The highest BCUT2D eigenvalue weighted by atomic mass is 19.4. The number of aryl methyl sites for hydroxylation is 1. The third-order valence-electron chi connectivity index (χ3n) is 4.04. The number of nitrogens with zero attached hydrogens (tertiary/aromatic N) is 4. The molecule has 2 aromatic heterocycles. The van der Waals surface area contributed by atoms with Crippen molar-refractivity contribution >= 4 is 11.5 Å². The molecular weight excluding hydrogens is 331 g/mol. The van der Waals surface area contributed by atoms with Crippen molar-refractivity contribution in [3.05, 3.63) is 53.3 Å². The zero-order chi connectivity index (χ0) is 18.0. The summed E-state index contributed by atoms with van der Waals surface area (Å²) in [6, 6.07) is 8.89. The van der Waals surface area contributed by atoms with Crippen molar-refractivity contribution in [3.63, 3.8) is 0 Å². The normalized spacial score (nSPS) is 13.2. The number of benzene rings is 1. The number of fused-ring (bicyclic) bond motifs is 1. The topological polar surface area (TPSA) is 55.1 Å². The Morgan fingerprint density at radius 3 is 2.44 bits per heavy atom. The third kappa shape index (κ3) is 3.72. The minimum absolute atomic E-state index is 0.0336. The Bertz CT molecular complexity index is 855. The lowest BCUT2D eigenvalue weighted by Gasteiger charge is -2.15. The Hall–Kier alpha value is -2.64. The van der Waals surface area contributed by atoms with Crippen molar-refractivity contribution in [2.75, 3.05) is 11.9 Å². The van der Waals surface area contributed by atoms with Crippen LogP contribution in [0.5, 0.6) is 0 Å². The molecule has 5 nitrogen and oxygen atoms in total. The second kappa shape index (κ2) is 6.70. The smallest absolute Gasteiger partial charge is 0.368 e. The molecule has 0 bridgehead atoms. The minimum atomic E-state index is -4.31. The van der Waals surface area contributed by atoms with Gasteiger partial charge in [0.1, 0.15) is 5.82 Å². The molecule has 0 aliphatic carbocycles. The molecule has 132 valence electrons. The predicted molar refractivity (Wildman–Crippen MR) is 88.5 cm³/mol. The van der Waals surface area contributed by atoms with Crippen LogP contribution in [-0.2, 0) is 12.6 Å². The predicted octanol–water partition coefficient (Wildman–Crippen LogP) is 3.92. The fourth-order valence-corrected chi connectivity index (χ4v) is 2.52. The number of aromatic nitrogens is 4. The lowest BCUT2D eigenvalue weighted by atomic mass is 9.99. The number of anilines is 1. The first-order valence-electron chi connectivity index (χ1n) is 8.01. The summed E-state index contributed by atoms with van der Waals surface area (Å²) in [5.74, 6) is 1.47. The number of alkyl halides is 3. The minimum Gasteiger partial charge on any atom is -0.368 e. The van der Waals surface area contributed by atoms with E-state index in [1.165, 1.54) is 12.1 Å². The summed E-state index contributed by atoms with van der Waals surface area (Å²) in [6.07, 6.45) is -3.59. The molecule has 0 radical (unpaired) electrons. The first kappa shape index (κ1) is 17.2. The maximum absolute atomic E-state index is 12.6. The number of halogens is 3. The molecule has 3 aromatic rings. The van der Waals surface area contributed by atoms with Gasteiger partial charge < -0.3 is 5.32 Å². The number of nitrogens with one attached hydrogen (secondary N) is 1. The van der Waals surface area contributed by atoms with Crippen molar-refractivity contribution in [1.29, 1.82) is 0 Å². The van der Waals surface area contributed by atoms with E-state index in [0.717, 1.165) is 29.9 Å². The second-order valence-corrected chi connectivity index (χ2v) is 5.86. The Labute approximate surface area is 142 Å². The van der Waals surface area contributed by atoms with Crippen LogP contribution in [0.25, 0.3) is 5.65 Å². The lowest BCUT2D eigenvalue weighted by Crippen LogP contribution is -2.13. The van der Waals surface area contributed by atoms with Crippen LogP contribution in [0.15, 0.2) is 36.4 Å². The lowest BCUT2D eigenvalue weighted by molar-refractivity contribution is -0.137. The summed E-state index contributed by atoms with van der Waals surface area (Å²) < 4.78 is 39.5. The molecule has 0 spiro atoms. The molecule has 1 N–H and O–H groups in total. The average molecular weight is 349 g/mol. The zero-order valence-corrected chi connectivity index (χ0v) is 13.9. The van der Waals surface area contributed by atoms with Crippen molar-refractivity contribution in [3.8, 4) is 0 Å². The highest BCUT2D eigenvalue weighted by Gasteiger charge is 2.30. The monoisotopic (exact) mass is 349 g/mol. The van der Waals surface area contributed by atoms with Crippen molar-refractivity contribution < 1.29 is 13.2 Å². The first-order valence-corrected chi connectivity index (χ1v) is 8.01. The highest BCUT2D eigenvalue weighted by molar-refractivity contribution is 5.44. The van der Waals surface area contributed by atoms with E-state index in [1.807, 2.05) is 26.0 Å². The Balaban J connectivity index is 1.68. The molecule has 0 saturated heterocycles. The summed E-state index contributed by atoms with van der Waals surface area (Å²) in [6.45, 7) is 4.47. The SMILES string of the molecule is CCc1nnc2ccc(NCC(C)c3ccc(C(F)(F)F)cc3)nn12. The molecular formula is C17H18F3N5. The van der Waals surface area contributed by atoms with E-state index < -0.39 is 11.7 Å². The van der Waals surface area contributed by atoms with Gasteiger partial charge in [-0.2, -0.15) is 17.7 Å². The maximum atomic E-state index is 12.6. The molecule has 0 fully saturated rings. The van der Waals surface area contributed by atoms with Gasteiger partial charge in [0.25, 0.3) is 0 Å². The van der Waals surface area contributed by atoms with Gasteiger partial charge in [-0.1, -0.05) is 26.0 Å². The van der Waals surface area contributed by atoms with Gasteiger partial charge in [0, 0.05) is 13.0 Å². The van der Waals surface area contributed by atoms with Gasteiger partial charge in [-0.05, 0) is 35.7 Å². The molecule has 3 rings (SSSR count). The third-order valence-corrected chi connectivity index (χ3v) is 4.04. The van der Waals surface area contributed by atoms with Crippen LogP contribution in [0.3, 0.4) is 0 Å². The van der Waals surface area contributed by atoms with E-state index in [-0.39, 0.29) is 5.92 Å². The van der Waals surface area contributed by atoms with E-state index in [9.17, 15) is 13.2 Å². The van der Waals surface area contributed by atoms with Crippen LogP contribution in [0.2, 0.25) is 0 Å². The van der Waals surface area contributed by atoms with Gasteiger partial charge in [-0.3, -0.25) is 0 Å². The van der Waals surface area contributed by atoms with Crippen LogP contribution in [-0.4, -0.2) is 26.4 Å². The maximum Gasteiger partial charge on any atom is 0.416 e. The van der Waals surface area contributed by atoms with Crippen LogP contribution in [0, 0.1) is 0 Å². The Morgan fingerprint density at radius 2 is 1.80 bits per heavy atom. The second-order valence-electron chi connectivity index (χ2n) is 5.86. The molecule has 25 heavy (non-hydrogen) atoms. The van der Waals surface area contributed by atoms with Crippen LogP contribution < -0.4 is 5.32 Å². The first-order chi connectivity index (χ1) is 11.9. The van der Waals surface area contributed by atoms with E-state index >= 15 is 0 Å². The largest absolute Gasteiger partial charge is 0.416 e. The molecule has 0 saturated carbocycles. The average Bonchev–Trinajstić information content (AvgIpc) is 3.01. The van der Waals surface area contributed by atoms with Gasteiger partial charge >= 0.3 is 6.18 Å². The summed E-state index contributed by atoms with van der Waals surface area (Å²) in [7, 11) is 0. The summed E-state index contributed by atoms with van der Waals surface area (Å²) in [5, 5.41) is 15.7. The molecule has 1 atom stereocenters. The molecule has 8 heteroatoms. The Kier molecular flexibility index (Phi) is 4.61. The number of hydrogen-bond donors (Lipinski definition) is 1. The number of hydrogen-bond acceptors (Lipinski definition) is 4. The molecule has 2 heterocycles. The summed E-state index contributed by atoms with van der Waals surface area (Å²) >= 11 is 0. The highest BCUT2D eigenvalue weighted by Crippen LogP contribution is 2.30. The van der Waals surface area contributed by atoms with Crippen LogP contribution in [0.1, 0.15) is 36.7 Å². The molecule has 1 aromatic carbocycles. The fraction of sp³-hybridized carbons (Fsp3) is 0.353. The molecule has 0 amide bonds. The van der Waals surface area contributed by atoms with Crippen molar-refractivity contribution in [1.82, 2.24) is 19.8 Å². The van der Waals surface area contributed by atoms with Crippen molar-refractivity contribution in [2.45, 2.75) is 32.4 Å². The summed E-state index contributed by atoms with van der Waals surface area (Å²) in [4.78, 5) is 0. The zero-order valence-electron chi connectivity index (χ0n) is 13.9. The van der Waals surface area contributed by atoms with E-state index in [4.69, 9.17) is 0 Å². The molecule has 0 aliphatic rings. The fourth-order valence-electron chi connectivity index (χ4n) is 2.52.